The first kappa shape index (κ1) is 18.0. The van der Waals surface area contributed by atoms with Crippen LogP contribution >= 0.6 is 0 Å². The predicted molar refractivity (Wildman–Crippen MR) is 97.9 cm³/mol. The van der Waals surface area contributed by atoms with Crippen LogP contribution in [-0.4, -0.2) is 25.2 Å². The summed E-state index contributed by atoms with van der Waals surface area (Å²) in [6.45, 7) is 6.09. The van der Waals surface area contributed by atoms with E-state index in [1.54, 1.807) is 6.92 Å². The highest BCUT2D eigenvalue weighted by Gasteiger charge is 2.15. The number of hydrogen-bond donors (Lipinski definition) is 1. The molecule has 0 amide bonds. The number of hydrogen-bond acceptors (Lipinski definition) is 4. The maximum atomic E-state index is 11.6. The van der Waals surface area contributed by atoms with Crippen LogP contribution in [0.15, 0.2) is 54.6 Å². The van der Waals surface area contributed by atoms with Crippen molar-refractivity contribution in [1.82, 2.24) is 0 Å². The predicted octanol–water partition coefficient (Wildman–Crippen LogP) is 3.15. The van der Waals surface area contributed by atoms with E-state index in [0.717, 1.165) is 24.3 Å². The van der Waals surface area contributed by atoms with Crippen LogP contribution in [0.1, 0.15) is 25.0 Å². The molecule has 0 saturated carbocycles. The zero-order valence-corrected chi connectivity index (χ0v) is 14.4. The van der Waals surface area contributed by atoms with Gasteiger partial charge in [-0.2, -0.15) is 0 Å². The molecule has 1 unspecified atom stereocenters. The summed E-state index contributed by atoms with van der Waals surface area (Å²) < 4.78 is 4.95. The summed E-state index contributed by atoms with van der Waals surface area (Å²) in [7, 11) is 0. The molecule has 128 valence electrons. The van der Waals surface area contributed by atoms with E-state index >= 15 is 0 Å². The van der Waals surface area contributed by atoms with Gasteiger partial charge in [-0.1, -0.05) is 42.5 Å². The second-order valence-electron chi connectivity index (χ2n) is 5.73. The molecule has 0 aliphatic rings. The Bertz CT molecular complexity index is 626. The van der Waals surface area contributed by atoms with Crippen molar-refractivity contribution in [3.8, 4) is 0 Å². The normalized spacial score (nSPS) is 11.8. The Morgan fingerprint density at radius 3 is 2.29 bits per heavy atom. The molecule has 2 aromatic rings. The van der Waals surface area contributed by atoms with Gasteiger partial charge in [-0.3, -0.25) is 4.79 Å². The number of ether oxygens (including phenoxy) is 1. The monoisotopic (exact) mass is 326 g/mol. The van der Waals surface area contributed by atoms with Crippen LogP contribution in [0, 0.1) is 0 Å². The molecule has 0 spiro atoms. The number of rotatable bonds is 8. The first-order valence-electron chi connectivity index (χ1n) is 8.44. The van der Waals surface area contributed by atoms with Gasteiger partial charge >= 0.3 is 5.97 Å². The third kappa shape index (κ3) is 5.10. The van der Waals surface area contributed by atoms with Crippen LogP contribution in [0.5, 0.6) is 0 Å². The molecule has 24 heavy (non-hydrogen) atoms. The molecular weight excluding hydrogens is 300 g/mol. The maximum Gasteiger partial charge on any atom is 0.323 e. The van der Waals surface area contributed by atoms with Crippen LogP contribution in [0.4, 0.5) is 5.69 Å². The van der Waals surface area contributed by atoms with Crippen LogP contribution in [0.3, 0.4) is 0 Å². The quantitative estimate of drug-likeness (QED) is 0.757. The third-order valence-electron chi connectivity index (χ3n) is 3.94. The zero-order valence-electron chi connectivity index (χ0n) is 14.4. The number of carbonyl (C=O) groups is 1. The second kappa shape index (κ2) is 9.08. The third-order valence-corrected chi connectivity index (χ3v) is 3.94. The molecule has 0 bridgehead atoms. The second-order valence-corrected chi connectivity index (χ2v) is 5.73. The molecular formula is C20H26N2O2. The van der Waals surface area contributed by atoms with Gasteiger partial charge in [-0.05, 0) is 43.5 Å². The summed E-state index contributed by atoms with van der Waals surface area (Å²) in [5, 5.41) is 0. The summed E-state index contributed by atoms with van der Waals surface area (Å²) >= 11 is 0. The Morgan fingerprint density at radius 2 is 1.71 bits per heavy atom. The minimum atomic E-state index is -0.609. The van der Waals surface area contributed by atoms with Gasteiger partial charge in [0.25, 0.3) is 0 Å². The van der Waals surface area contributed by atoms with Gasteiger partial charge in [0.1, 0.15) is 6.04 Å². The van der Waals surface area contributed by atoms with E-state index in [2.05, 4.69) is 48.2 Å². The Balaban J connectivity index is 2.00. The average Bonchev–Trinajstić information content (AvgIpc) is 2.61. The molecule has 0 radical (unpaired) electrons. The van der Waals surface area contributed by atoms with Crippen molar-refractivity contribution in [2.45, 2.75) is 32.9 Å². The minimum absolute atomic E-state index is 0.346. The zero-order chi connectivity index (χ0) is 17.4. The lowest BCUT2D eigenvalue weighted by molar-refractivity contribution is -0.144. The average molecular weight is 326 g/mol. The highest BCUT2D eigenvalue weighted by molar-refractivity contribution is 5.75. The maximum absolute atomic E-state index is 11.6. The fraction of sp³-hybridized carbons (Fsp3) is 0.350. The number of nitrogens with zero attached hydrogens (tertiary/aromatic N) is 1. The fourth-order valence-corrected chi connectivity index (χ4v) is 2.62. The van der Waals surface area contributed by atoms with E-state index in [1.165, 1.54) is 5.56 Å². The van der Waals surface area contributed by atoms with E-state index in [0.29, 0.717) is 13.0 Å². The smallest absolute Gasteiger partial charge is 0.323 e. The van der Waals surface area contributed by atoms with Gasteiger partial charge in [0, 0.05) is 18.8 Å². The SMILES string of the molecule is CCOC(=O)C(N)Cc1ccc(N(CC)Cc2ccccc2)cc1. The fourth-order valence-electron chi connectivity index (χ4n) is 2.62. The molecule has 2 rings (SSSR count). The first-order valence-corrected chi connectivity index (χ1v) is 8.44. The minimum Gasteiger partial charge on any atom is -0.465 e. The highest BCUT2D eigenvalue weighted by atomic mass is 16.5. The summed E-state index contributed by atoms with van der Waals surface area (Å²) in [6.07, 6.45) is 0.490. The largest absolute Gasteiger partial charge is 0.465 e. The molecule has 0 heterocycles. The lowest BCUT2D eigenvalue weighted by Gasteiger charge is -2.23. The summed E-state index contributed by atoms with van der Waals surface area (Å²) in [4.78, 5) is 13.9. The van der Waals surface area contributed by atoms with Gasteiger partial charge in [-0.15, -0.1) is 0 Å². The molecule has 2 N–H and O–H groups in total. The van der Waals surface area contributed by atoms with Gasteiger partial charge < -0.3 is 15.4 Å². The van der Waals surface area contributed by atoms with Gasteiger partial charge in [0.05, 0.1) is 6.61 Å². The Hall–Kier alpha value is -2.33. The van der Waals surface area contributed by atoms with Crippen LogP contribution in [-0.2, 0) is 22.5 Å². The van der Waals surface area contributed by atoms with E-state index in [4.69, 9.17) is 10.5 Å². The molecule has 0 fully saturated rings. The van der Waals surface area contributed by atoms with Crippen molar-refractivity contribution in [3.05, 3.63) is 65.7 Å². The number of anilines is 1. The van der Waals surface area contributed by atoms with E-state index in [9.17, 15) is 4.79 Å². The van der Waals surface area contributed by atoms with Crippen molar-refractivity contribution in [1.29, 1.82) is 0 Å². The van der Waals surface area contributed by atoms with Crippen LogP contribution in [0.25, 0.3) is 0 Å². The molecule has 2 aromatic carbocycles. The van der Waals surface area contributed by atoms with Crippen molar-refractivity contribution in [3.63, 3.8) is 0 Å². The van der Waals surface area contributed by atoms with E-state index < -0.39 is 6.04 Å². The molecule has 1 atom stereocenters. The van der Waals surface area contributed by atoms with Crippen LogP contribution in [0.2, 0.25) is 0 Å². The number of benzene rings is 2. The number of carbonyl (C=O) groups excluding carboxylic acids is 1. The Labute approximate surface area is 144 Å². The summed E-state index contributed by atoms with van der Waals surface area (Å²) in [6, 6.07) is 18.0. The molecule has 0 saturated heterocycles. The van der Waals surface area contributed by atoms with Gasteiger partial charge in [0.2, 0.25) is 0 Å². The van der Waals surface area contributed by atoms with Crippen molar-refractivity contribution >= 4 is 11.7 Å². The Morgan fingerprint density at radius 1 is 1.04 bits per heavy atom. The number of esters is 1. The van der Waals surface area contributed by atoms with Gasteiger partial charge in [0.15, 0.2) is 0 Å². The summed E-state index contributed by atoms with van der Waals surface area (Å²) in [5.74, 6) is -0.346. The topological polar surface area (TPSA) is 55.6 Å². The van der Waals surface area contributed by atoms with Crippen molar-refractivity contribution in [2.24, 2.45) is 5.73 Å². The lowest BCUT2D eigenvalue weighted by Crippen LogP contribution is -2.34. The van der Waals surface area contributed by atoms with Crippen LogP contribution < -0.4 is 10.6 Å². The van der Waals surface area contributed by atoms with Crippen molar-refractivity contribution in [2.75, 3.05) is 18.1 Å². The molecule has 0 aliphatic heterocycles. The van der Waals surface area contributed by atoms with E-state index in [-0.39, 0.29) is 5.97 Å². The first-order chi connectivity index (χ1) is 11.6. The van der Waals surface area contributed by atoms with E-state index in [1.807, 2.05) is 18.2 Å². The van der Waals surface area contributed by atoms with Gasteiger partial charge in [-0.25, -0.2) is 0 Å². The number of nitrogens with two attached hydrogens (primary N) is 1. The molecule has 0 aliphatic carbocycles. The standard InChI is InChI=1S/C20H26N2O2/c1-3-22(15-17-8-6-5-7-9-17)18-12-10-16(11-13-18)14-19(21)20(23)24-4-2/h5-13,19H,3-4,14-15,21H2,1-2H3. The molecule has 4 nitrogen and oxygen atoms in total. The highest BCUT2D eigenvalue weighted by Crippen LogP contribution is 2.18. The van der Waals surface area contributed by atoms with Crippen molar-refractivity contribution < 1.29 is 9.53 Å². The summed E-state index contributed by atoms with van der Waals surface area (Å²) in [5.41, 5.74) is 9.36. The lowest BCUT2D eigenvalue weighted by atomic mass is 10.1. The molecule has 4 heteroatoms. The Kier molecular flexibility index (Phi) is 6.82. The molecule has 0 aromatic heterocycles.